The van der Waals surface area contributed by atoms with Gasteiger partial charge in [-0.1, -0.05) is 18.2 Å². The topological polar surface area (TPSA) is 67.9 Å². The van der Waals surface area contributed by atoms with Crippen molar-refractivity contribution >= 4 is 11.8 Å². The summed E-state index contributed by atoms with van der Waals surface area (Å²) in [4.78, 5) is 27.8. The van der Waals surface area contributed by atoms with Crippen LogP contribution in [0.5, 0.6) is 11.5 Å². The molecular weight excluding hydrogens is 497 g/mol. The van der Waals surface area contributed by atoms with Crippen molar-refractivity contribution in [2.45, 2.75) is 57.2 Å². The lowest BCUT2D eigenvalue weighted by atomic mass is 9.59. The van der Waals surface area contributed by atoms with Gasteiger partial charge in [0.15, 0.2) is 11.5 Å². The van der Waals surface area contributed by atoms with Crippen LogP contribution in [0.25, 0.3) is 0 Å². The Labute approximate surface area is 220 Å². The van der Waals surface area contributed by atoms with Crippen LogP contribution >= 0.6 is 0 Å². The molecule has 3 aliphatic rings. The van der Waals surface area contributed by atoms with Gasteiger partial charge in [-0.15, -0.1) is 0 Å². The Morgan fingerprint density at radius 2 is 1.79 bits per heavy atom. The molecule has 1 aliphatic heterocycles. The number of likely N-dealkylation sites (tertiary alicyclic amines) is 1. The van der Waals surface area contributed by atoms with Gasteiger partial charge in [-0.2, -0.15) is 13.2 Å². The smallest absolute Gasteiger partial charge is 0.416 e. The summed E-state index contributed by atoms with van der Waals surface area (Å²) in [5, 5.41) is 3.05. The van der Waals surface area contributed by atoms with E-state index in [1.165, 1.54) is 25.0 Å². The lowest BCUT2D eigenvalue weighted by molar-refractivity contribution is -0.137. The number of hydrogen-bond acceptors (Lipinski definition) is 4. The highest BCUT2D eigenvalue weighted by molar-refractivity contribution is 5.95. The Bertz CT molecular complexity index is 1190. The van der Waals surface area contributed by atoms with Crippen molar-refractivity contribution in [3.63, 3.8) is 0 Å². The molecule has 2 aliphatic carbocycles. The van der Waals surface area contributed by atoms with Gasteiger partial charge in [-0.3, -0.25) is 9.59 Å². The molecule has 0 bridgehead atoms. The maximum atomic E-state index is 13.3. The van der Waals surface area contributed by atoms with Crippen molar-refractivity contribution in [2.75, 3.05) is 26.8 Å². The van der Waals surface area contributed by atoms with Gasteiger partial charge in [0.05, 0.1) is 25.7 Å². The minimum Gasteiger partial charge on any atom is -0.493 e. The summed E-state index contributed by atoms with van der Waals surface area (Å²) >= 11 is 0. The molecule has 1 heterocycles. The van der Waals surface area contributed by atoms with E-state index in [-0.39, 0.29) is 29.7 Å². The predicted octanol–water partition coefficient (Wildman–Crippen LogP) is 5.25. The largest absolute Gasteiger partial charge is 0.493 e. The summed E-state index contributed by atoms with van der Waals surface area (Å²) in [7, 11) is 1.58. The summed E-state index contributed by atoms with van der Waals surface area (Å²) in [6, 6.07) is 10.2. The molecule has 204 valence electrons. The van der Waals surface area contributed by atoms with Crippen LogP contribution in [-0.2, 0) is 17.4 Å². The van der Waals surface area contributed by atoms with Crippen molar-refractivity contribution in [3.05, 3.63) is 59.2 Å². The van der Waals surface area contributed by atoms with Crippen molar-refractivity contribution < 1.29 is 32.2 Å². The minimum absolute atomic E-state index is 0.0264. The molecule has 2 aromatic carbocycles. The molecule has 1 N–H and O–H groups in total. The molecule has 38 heavy (non-hydrogen) atoms. The summed E-state index contributed by atoms with van der Waals surface area (Å²) in [5.74, 6) is 1.45. The van der Waals surface area contributed by atoms with Crippen molar-refractivity contribution in [1.82, 2.24) is 10.2 Å². The Balaban J connectivity index is 1.16. The van der Waals surface area contributed by atoms with Gasteiger partial charge in [0.2, 0.25) is 5.91 Å². The van der Waals surface area contributed by atoms with Gasteiger partial charge < -0.3 is 19.7 Å². The Hall–Kier alpha value is -3.23. The number of carbonyl (C=O) groups is 2. The molecule has 0 aromatic heterocycles. The fourth-order valence-electron chi connectivity index (χ4n) is 5.56. The van der Waals surface area contributed by atoms with Crippen LogP contribution in [0.1, 0.15) is 60.0 Å². The lowest BCUT2D eigenvalue weighted by Crippen LogP contribution is -2.59. The molecule has 9 heteroatoms. The Morgan fingerprint density at radius 3 is 2.42 bits per heavy atom. The van der Waals surface area contributed by atoms with E-state index in [4.69, 9.17) is 9.47 Å². The number of rotatable bonds is 8. The lowest BCUT2D eigenvalue weighted by Gasteiger charge is -2.54. The van der Waals surface area contributed by atoms with Gasteiger partial charge in [-0.05, 0) is 79.7 Å². The summed E-state index contributed by atoms with van der Waals surface area (Å²) < 4.78 is 50.3. The molecule has 2 aromatic rings. The van der Waals surface area contributed by atoms with Crippen molar-refractivity contribution in [3.8, 4) is 11.5 Å². The average molecular weight is 531 g/mol. The van der Waals surface area contributed by atoms with Gasteiger partial charge in [0, 0.05) is 24.7 Å². The van der Waals surface area contributed by atoms with E-state index < -0.39 is 11.7 Å². The fraction of sp³-hybridized carbons (Fsp3) is 0.517. The van der Waals surface area contributed by atoms with Crippen LogP contribution in [0.3, 0.4) is 0 Å². The van der Waals surface area contributed by atoms with Crippen molar-refractivity contribution in [2.24, 2.45) is 11.3 Å². The summed E-state index contributed by atoms with van der Waals surface area (Å²) in [6.07, 6.45) is 1.15. The number of amides is 2. The quantitative estimate of drug-likeness (QED) is 0.507. The molecule has 2 saturated carbocycles. The normalized spacial score (nSPS) is 20.5. The number of benzene rings is 2. The molecule has 0 radical (unpaired) electrons. The molecule has 1 atom stereocenters. The second-order valence-corrected chi connectivity index (χ2v) is 10.8. The zero-order valence-electron chi connectivity index (χ0n) is 21.5. The fourth-order valence-corrected chi connectivity index (χ4v) is 5.56. The number of ether oxygens (including phenoxy) is 2. The first-order valence-corrected chi connectivity index (χ1v) is 13.2. The summed E-state index contributed by atoms with van der Waals surface area (Å²) in [5.41, 5.74) is 0.0789. The first kappa shape index (κ1) is 26.4. The number of nitrogens with one attached hydrogen (secondary N) is 1. The van der Waals surface area contributed by atoms with Crippen LogP contribution in [0.4, 0.5) is 13.2 Å². The third kappa shape index (κ3) is 5.76. The Morgan fingerprint density at radius 1 is 1.03 bits per heavy atom. The number of hydrogen-bond donors (Lipinski definition) is 1. The number of halogens is 3. The maximum Gasteiger partial charge on any atom is 0.416 e. The maximum absolute atomic E-state index is 13.3. The van der Waals surface area contributed by atoms with E-state index in [0.717, 1.165) is 37.8 Å². The number of methoxy groups -OCH3 is 1. The zero-order chi connectivity index (χ0) is 26.9. The highest BCUT2D eigenvalue weighted by atomic mass is 19.4. The third-order valence-electron chi connectivity index (χ3n) is 8.25. The zero-order valence-corrected chi connectivity index (χ0v) is 21.5. The van der Waals surface area contributed by atoms with E-state index >= 15 is 0 Å². The van der Waals surface area contributed by atoms with E-state index in [1.807, 2.05) is 4.90 Å². The van der Waals surface area contributed by atoms with Gasteiger partial charge >= 0.3 is 6.18 Å². The summed E-state index contributed by atoms with van der Waals surface area (Å²) in [6.45, 7) is 1.80. The number of alkyl halides is 3. The van der Waals surface area contributed by atoms with Crippen LogP contribution in [0.15, 0.2) is 42.5 Å². The van der Waals surface area contributed by atoms with E-state index in [0.29, 0.717) is 48.2 Å². The highest BCUT2D eigenvalue weighted by Crippen LogP contribution is 2.49. The Kier molecular flexibility index (Phi) is 7.29. The first-order chi connectivity index (χ1) is 18.2. The van der Waals surface area contributed by atoms with Gasteiger partial charge in [-0.25, -0.2) is 0 Å². The molecule has 6 nitrogen and oxygen atoms in total. The van der Waals surface area contributed by atoms with E-state index in [1.54, 1.807) is 25.3 Å². The van der Waals surface area contributed by atoms with Crippen molar-refractivity contribution in [1.29, 1.82) is 0 Å². The van der Waals surface area contributed by atoms with Crippen LogP contribution < -0.4 is 14.8 Å². The standard InChI is InChI=1S/C29H33F3N2O4/c1-37-23-8-7-21(17-24(23)38-18-19-5-6-19)27(36)34-13-11-28(12-14-34)10-9-25(28)33-26(35)16-20-3-2-4-22(15-20)29(30,31)32/h2-4,7-8,15,17,19,25H,5-6,9-14,16,18H2,1H3,(H,33,35). The van der Waals surface area contributed by atoms with E-state index in [9.17, 15) is 22.8 Å². The number of piperidine rings is 1. The second kappa shape index (κ2) is 10.5. The molecular formula is C29H33F3N2O4. The van der Waals surface area contributed by atoms with Crippen LogP contribution in [0.2, 0.25) is 0 Å². The van der Waals surface area contributed by atoms with Crippen LogP contribution in [-0.4, -0.2) is 49.6 Å². The minimum atomic E-state index is -4.44. The predicted molar refractivity (Wildman–Crippen MR) is 135 cm³/mol. The van der Waals surface area contributed by atoms with Gasteiger partial charge in [0.1, 0.15) is 0 Å². The second-order valence-electron chi connectivity index (χ2n) is 10.8. The van der Waals surface area contributed by atoms with Gasteiger partial charge in [0.25, 0.3) is 5.91 Å². The molecule has 5 rings (SSSR count). The first-order valence-electron chi connectivity index (χ1n) is 13.2. The van der Waals surface area contributed by atoms with Crippen LogP contribution in [0, 0.1) is 11.3 Å². The average Bonchev–Trinajstić information content (AvgIpc) is 3.74. The highest BCUT2D eigenvalue weighted by Gasteiger charge is 2.49. The third-order valence-corrected chi connectivity index (χ3v) is 8.25. The SMILES string of the molecule is COc1ccc(C(=O)N2CCC3(CCC3NC(=O)Cc3cccc(C(F)(F)F)c3)CC2)cc1OCC1CC1. The molecule has 1 saturated heterocycles. The molecule has 1 spiro atoms. The molecule has 3 fully saturated rings. The number of nitrogens with zero attached hydrogens (tertiary/aromatic N) is 1. The van der Waals surface area contributed by atoms with E-state index in [2.05, 4.69) is 5.32 Å². The molecule has 1 unspecified atom stereocenters. The number of carbonyl (C=O) groups excluding carboxylic acids is 2. The monoisotopic (exact) mass is 530 g/mol. The molecule has 2 amide bonds.